The Kier molecular flexibility index (Phi) is 4.23. The molecule has 5 nitrogen and oxygen atoms in total. The molecule has 0 spiro atoms. The molecule has 0 radical (unpaired) electrons. The summed E-state index contributed by atoms with van der Waals surface area (Å²) in [6.45, 7) is 2.35. The van der Waals surface area contributed by atoms with Gasteiger partial charge in [0.25, 0.3) is 0 Å². The van der Waals surface area contributed by atoms with Crippen LogP contribution < -0.4 is 16.8 Å². The van der Waals surface area contributed by atoms with Gasteiger partial charge in [0.1, 0.15) is 0 Å². The molecule has 0 aromatic heterocycles. The van der Waals surface area contributed by atoms with E-state index in [-0.39, 0.29) is 0 Å². The van der Waals surface area contributed by atoms with Crippen molar-refractivity contribution in [3.8, 4) is 0 Å². The van der Waals surface area contributed by atoms with E-state index < -0.39 is 11.8 Å². The summed E-state index contributed by atoms with van der Waals surface area (Å²) < 4.78 is 0. The van der Waals surface area contributed by atoms with Gasteiger partial charge >= 0.3 is 0 Å². The topological polar surface area (TPSA) is 98.2 Å². The van der Waals surface area contributed by atoms with E-state index in [2.05, 4.69) is 5.32 Å². The highest BCUT2D eigenvalue weighted by molar-refractivity contribution is 5.95. The summed E-state index contributed by atoms with van der Waals surface area (Å²) in [5.41, 5.74) is 14.1. The Hall–Kier alpha value is -2.82. The van der Waals surface area contributed by atoms with Crippen LogP contribution in [0.4, 0.5) is 5.69 Å². The number of rotatable bonds is 5. The number of nitrogens with two attached hydrogens (primary N) is 2. The second kappa shape index (κ2) is 6.09. The fourth-order valence-corrected chi connectivity index (χ4v) is 2.13. The lowest BCUT2D eigenvalue weighted by Gasteiger charge is -2.12. The molecule has 0 aliphatic rings. The first-order valence-electron chi connectivity index (χ1n) is 6.51. The van der Waals surface area contributed by atoms with Crippen LogP contribution in [-0.4, -0.2) is 11.8 Å². The predicted octanol–water partition coefficient (Wildman–Crippen LogP) is 1.80. The van der Waals surface area contributed by atoms with E-state index in [1.165, 1.54) is 0 Å². The summed E-state index contributed by atoms with van der Waals surface area (Å²) in [6, 6.07) is 12.4. The maximum Gasteiger partial charge on any atom is 0.249 e. The predicted molar refractivity (Wildman–Crippen MR) is 82.0 cm³/mol. The van der Waals surface area contributed by atoms with Gasteiger partial charge in [-0.25, -0.2) is 0 Å². The average Bonchev–Trinajstić information content (AvgIpc) is 2.46. The lowest BCUT2D eigenvalue weighted by Crippen LogP contribution is -2.14. The number of anilines is 1. The van der Waals surface area contributed by atoms with E-state index in [4.69, 9.17) is 11.5 Å². The van der Waals surface area contributed by atoms with Crippen LogP contribution >= 0.6 is 0 Å². The molecule has 0 heterocycles. The van der Waals surface area contributed by atoms with Crippen LogP contribution in [0, 0.1) is 6.92 Å². The van der Waals surface area contributed by atoms with E-state index in [0.717, 1.165) is 16.8 Å². The number of hydrogen-bond acceptors (Lipinski definition) is 3. The normalized spacial score (nSPS) is 10.1. The van der Waals surface area contributed by atoms with Crippen molar-refractivity contribution in [2.45, 2.75) is 13.5 Å². The van der Waals surface area contributed by atoms with E-state index in [1.807, 2.05) is 19.1 Å². The third-order valence-corrected chi connectivity index (χ3v) is 3.29. The number of carbonyl (C=O) groups excluding carboxylic acids is 2. The summed E-state index contributed by atoms with van der Waals surface area (Å²) in [5, 5.41) is 3.23. The SMILES string of the molecule is Cc1c(NCc2cccc(C(N)=O)c2)cccc1C(N)=O. The Balaban J connectivity index is 2.17. The number of carbonyl (C=O) groups is 2. The molecule has 2 rings (SSSR count). The summed E-state index contributed by atoms with van der Waals surface area (Å²) >= 11 is 0. The first-order chi connectivity index (χ1) is 9.99. The van der Waals surface area contributed by atoms with E-state index >= 15 is 0 Å². The molecule has 0 fully saturated rings. The molecule has 5 N–H and O–H groups in total. The Bertz CT molecular complexity index is 696. The van der Waals surface area contributed by atoms with Crippen LogP contribution in [0.25, 0.3) is 0 Å². The first kappa shape index (κ1) is 14.6. The fraction of sp³-hybridized carbons (Fsp3) is 0.125. The molecule has 2 aromatic rings. The smallest absolute Gasteiger partial charge is 0.249 e. The van der Waals surface area contributed by atoms with Crippen LogP contribution in [0.5, 0.6) is 0 Å². The Morgan fingerprint density at radius 2 is 1.76 bits per heavy atom. The molecule has 0 aliphatic heterocycles. The minimum absolute atomic E-state index is 0.452. The van der Waals surface area contributed by atoms with E-state index in [0.29, 0.717) is 17.7 Å². The van der Waals surface area contributed by atoms with Crippen molar-refractivity contribution in [3.63, 3.8) is 0 Å². The first-order valence-corrected chi connectivity index (χ1v) is 6.51. The Labute approximate surface area is 123 Å². The Morgan fingerprint density at radius 1 is 1.05 bits per heavy atom. The van der Waals surface area contributed by atoms with Crippen molar-refractivity contribution in [1.29, 1.82) is 0 Å². The zero-order valence-electron chi connectivity index (χ0n) is 11.7. The monoisotopic (exact) mass is 283 g/mol. The maximum atomic E-state index is 11.3. The molecule has 0 aliphatic carbocycles. The molecule has 0 atom stereocenters. The number of primary amides is 2. The van der Waals surface area contributed by atoms with Crippen molar-refractivity contribution in [2.24, 2.45) is 11.5 Å². The number of hydrogen-bond donors (Lipinski definition) is 3. The minimum Gasteiger partial charge on any atom is -0.381 e. The second-order valence-corrected chi connectivity index (χ2v) is 4.76. The highest BCUT2D eigenvalue weighted by Crippen LogP contribution is 2.19. The van der Waals surface area contributed by atoms with Crippen molar-refractivity contribution < 1.29 is 9.59 Å². The number of benzene rings is 2. The number of amides is 2. The second-order valence-electron chi connectivity index (χ2n) is 4.76. The molecular weight excluding hydrogens is 266 g/mol. The van der Waals surface area contributed by atoms with Crippen molar-refractivity contribution in [1.82, 2.24) is 0 Å². The third-order valence-electron chi connectivity index (χ3n) is 3.29. The van der Waals surface area contributed by atoms with Crippen molar-refractivity contribution in [3.05, 3.63) is 64.7 Å². The third kappa shape index (κ3) is 3.39. The lowest BCUT2D eigenvalue weighted by molar-refractivity contribution is 0.0991. The van der Waals surface area contributed by atoms with Crippen LogP contribution in [0.2, 0.25) is 0 Å². The zero-order chi connectivity index (χ0) is 15.4. The fourth-order valence-electron chi connectivity index (χ4n) is 2.13. The van der Waals surface area contributed by atoms with Gasteiger partial charge in [-0.05, 0) is 42.3 Å². The molecule has 2 aromatic carbocycles. The lowest BCUT2D eigenvalue weighted by atomic mass is 10.1. The highest BCUT2D eigenvalue weighted by atomic mass is 16.1. The van der Waals surface area contributed by atoms with Gasteiger partial charge in [-0.15, -0.1) is 0 Å². The molecule has 21 heavy (non-hydrogen) atoms. The van der Waals surface area contributed by atoms with Crippen LogP contribution in [0.1, 0.15) is 31.8 Å². The molecule has 0 bridgehead atoms. The minimum atomic E-state index is -0.455. The molecular formula is C16H17N3O2. The van der Waals surface area contributed by atoms with E-state index in [9.17, 15) is 9.59 Å². The summed E-state index contributed by atoms with van der Waals surface area (Å²) in [4.78, 5) is 22.5. The van der Waals surface area contributed by atoms with Crippen LogP contribution in [0.15, 0.2) is 42.5 Å². The molecule has 0 unspecified atom stereocenters. The van der Waals surface area contributed by atoms with Gasteiger partial charge in [-0.3, -0.25) is 9.59 Å². The molecule has 5 heteroatoms. The van der Waals surface area contributed by atoms with Crippen LogP contribution in [0.3, 0.4) is 0 Å². The summed E-state index contributed by atoms with van der Waals surface area (Å²) in [6.07, 6.45) is 0. The quantitative estimate of drug-likeness (QED) is 0.780. The van der Waals surface area contributed by atoms with Gasteiger partial charge < -0.3 is 16.8 Å². The number of nitrogens with one attached hydrogen (secondary N) is 1. The molecule has 108 valence electrons. The largest absolute Gasteiger partial charge is 0.381 e. The van der Waals surface area contributed by atoms with Gasteiger partial charge in [0.2, 0.25) is 11.8 Å². The van der Waals surface area contributed by atoms with Gasteiger partial charge in [0, 0.05) is 23.4 Å². The van der Waals surface area contributed by atoms with E-state index in [1.54, 1.807) is 30.3 Å². The van der Waals surface area contributed by atoms with Gasteiger partial charge in [-0.1, -0.05) is 18.2 Å². The van der Waals surface area contributed by atoms with Crippen molar-refractivity contribution >= 4 is 17.5 Å². The highest BCUT2D eigenvalue weighted by Gasteiger charge is 2.08. The van der Waals surface area contributed by atoms with Crippen LogP contribution in [-0.2, 0) is 6.54 Å². The molecule has 0 saturated heterocycles. The van der Waals surface area contributed by atoms with Gasteiger partial charge in [0.05, 0.1) is 0 Å². The molecule has 0 saturated carbocycles. The Morgan fingerprint density at radius 3 is 2.43 bits per heavy atom. The van der Waals surface area contributed by atoms with Gasteiger partial charge in [-0.2, -0.15) is 0 Å². The zero-order valence-corrected chi connectivity index (χ0v) is 11.7. The average molecular weight is 283 g/mol. The van der Waals surface area contributed by atoms with Gasteiger partial charge in [0.15, 0.2) is 0 Å². The standard InChI is InChI=1S/C16H17N3O2/c1-10-13(16(18)21)6-3-7-14(10)19-9-11-4-2-5-12(8-11)15(17)20/h2-8,19H,9H2,1H3,(H2,17,20)(H2,18,21). The maximum absolute atomic E-state index is 11.3. The van der Waals surface area contributed by atoms with Crippen molar-refractivity contribution in [2.75, 3.05) is 5.32 Å². The molecule has 2 amide bonds. The summed E-state index contributed by atoms with van der Waals surface area (Å²) in [5.74, 6) is -0.907. The summed E-state index contributed by atoms with van der Waals surface area (Å²) in [7, 11) is 0.